The van der Waals surface area contributed by atoms with Crippen LogP contribution in [0, 0.1) is 0 Å². The standard InChI is InChI=1S/C28H36N6O4/c1-27(2,3)23-15-24(33-38-23)32-26(36)31-19-9-7-18(8-10-19)30-25(35)22-12-11-21(16-29-22)37-17-20-13-14-28(4,5)34(20)6/h7-12,15-16,20H,13-14,17H2,1-6H3,(H,30,35)(H2,31,32,33,36). The van der Waals surface area contributed by atoms with Crippen LogP contribution in [0.2, 0.25) is 0 Å². The van der Waals surface area contributed by atoms with E-state index in [2.05, 4.69) is 51.9 Å². The molecule has 1 aliphatic heterocycles. The lowest BCUT2D eigenvalue weighted by molar-refractivity contribution is 0.102. The lowest BCUT2D eigenvalue weighted by Crippen LogP contribution is -2.41. The Balaban J connectivity index is 1.25. The van der Waals surface area contributed by atoms with Gasteiger partial charge in [-0.25, -0.2) is 9.78 Å². The summed E-state index contributed by atoms with van der Waals surface area (Å²) in [7, 11) is 2.13. The number of likely N-dealkylation sites (tertiary alicyclic amines) is 1. The van der Waals surface area contributed by atoms with Gasteiger partial charge in [-0.15, -0.1) is 0 Å². The summed E-state index contributed by atoms with van der Waals surface area (Å²) in [5.74, 6) is 1.29. The van der Waals surface area contributed by atoms with Gasteiger partial charge in [0.1, 0.15) is 23.8 Å². The predicted octanol–water partition coefficient (Wildman–Crippen LogP) is 5.52. The van der Waals surface area contributed by atoms with Crippen LogP contribution in [-0.4, -0.2) is 52.2 Å². The third-order valence-electron chi connectivity index (χ3n) is 6.89. The molecule has 2 aromatic heterocycles. The lowest BCUT2D eigenvalue weighted by atomic mass is 9.93. The zero-order valence-corrected chi connectivity index (χ0v) is 22.8. The molecular weight excluding hydrogens is 484 g/mol. The molecule has 0 bridgehead atoms. The number of benzene rings is 1. The number of aromatic nitrogens is 2. The summed E-state index contributed by atoms with van der Waals surface area (Å²) in [6.45, 7) is 11.1. The first-order valence-corrected chi connectivity index (χ1v) is 12.7. The van der Waals surface area contributed by atoms with Crippen molar-refractivity contribution in [3.63, 3.8) is 0 Å². The average molecular weight is 521 g/mol. The van der Waals surface area contributed by atoms with Crippen LogP contribution in [0.4, 0.5) is 22.0 Å². The quantitative estimate of drug-likeness (QED) is 0.375. The van der Waals surface area contributed by atoms with Gasteiger partial charge in [-0.3, -0.25) is 15.0 Å². The molecule has 3 heterocycles. The molecular formula is C28H36N6O4. The van der Waals surface area contributed by atoms with E-state index in [0.717, 1.165) is 12.8 Å². The van der Waals surface area contributed by atoms with Gasteiger partial charge in [-0.05, 0) is 70.1 Å². The van der Waals surface area contributed by atoms with Gasteiger partial charge in [-0.1, -0.05) is 25.9 Å². The van der Waals surface area contributed by atoms with Crippen molar-refractivity contribution < 1.29 is 18.8 Å². The summed E-state index contributed by atoms with van der Waals surface area (Å²) in [6.07, 6.45) is 3.80. The van der Waals surface area contributed by atoms with E-state index in [4.69, 9.17) is 9.26 Å². The molecule has 3 aromatic rings. The van der Waals surface area contributed by atoms with Crippen LogP contribution < -0.4 is 20.7 Å². The maximum absolute atomic E-state index is 12.6. The number of likely N-dealkylation sites (N-methyl/N-ethyl adjacent to an activating group) is 1. The van der Waals surface area contributed by atoms with Crippen LogP contribution in [-0.2, 0) is 5.41 Å². The van der Waals surface area contributed by atoms with Crippen LogP contribution in [0.15, 0.2) is 53.2 Å². The largest absolute Gasteiger partial charge is 0.490 e. The molecule has 1 atom stereocenters. The van der Waals surface area contributed by atoms with Gasteiger partial charge in [0.25, 0.3) is 5.91 Å². The molecule has 4 rings (SSSR count). The SMILES string of the molecule is CN1C(COc2ccc(C(=O)Nc3ccc(NC(=O)Nc4cc(C(C)(C)C)on4)cc3)nc2)CCC1(C)C. The Labute approximate surface area is 223 Å². The van der Waals surface area contributed by atoms with Gasteiger partial charge in [0.15, 0.2) is 5.82 Å². The van der Waals surface area contributed by atoms with Gasteiger partial charge in [-0.2, -0.15) is 0 Å². The zero-order valence-electron chi connectivity index (χ0n) is 22.8. The number of nitrogens with one attached hydrogen (secondary N) is 3. The second kappa shape index (κ2) is 10.8. The molecule has 38 heavy (non-hydrogen) atoms. The fraction of sp³-hybridized carbons (Fsp3) is 0.429. The number of amides is 3. The summed E-state index contributed by atoms with van der Waals surface area (Å²) in [6, 6.07) is 11.8. The van der Waals surface area contributed by atoms with Crippen molar-refractivity contribution in [1.29, 1.82) is 0 Å². The third-order valence-corrected chi connectivity index (χ3v) is 6.89. The van der Waals surface area contributed by atoms with Crippen LogP contribution in [0.25, 0.3) is 0 Å². The summed E-state index contributed by atoms with van der Waals surface area (Å²) < 4.78 is 11.2. The highest BCUT2D eigenvalue weighted by atomic mass is 16.5. The highest BCUT2D eigenvalue weighted by Gasteiger charge is 2.36. The van der Waals surface area contributed by atoms with Gasteiger partial charge in [0.2, 0.25) is 0 Å². The van der Waals surface area contributed by atoms with Crippen molar-refractivity contribution in [2.24, 2.45) is 0 Å². The predicted molar refractivity (Wildman–Crippen MR) is 147 cm³/mol. The van der Waals surface area contributed by atoms with E-state index >= 15 is 0 Å². The van der Waals surface area contributed by atoms with Crippen LogP contribution in [0.1, 0.15) is 63.7 Å². The number of hydrogen-bond acceptors (Lipinski definition) is 7. The fourth-order valence-electron chi connectivity index (χ4n) is 4.17. The van der Waals surface area contributed by atoms with Crippen molar-refractivity contribution >= 4 is 29.1 Å². The second-order valence-corrected chi connectivity index (χ2v) is 11.2. The molecule has 1 unspecified atom stereocenters. The minimum absolute atomic E-state index is 0.184. The molecule has 3 amide bonds. The Morgan fingerprint density at radius 2 is 1.76 bits per heavy atom. The number of hydrogen-bond donors (Lipinski definition) is 3. The monoisotopic (exact) mass is 520 g/mol. The van der Waals surface area contributed by atoms with Crippen LogP contribution in [0.5, 0.6) is 5.75 Å². The molecule has 1 aliphatic rings. The zero-order chi connectivity index (χ0) is 27.5. The van der Waals surface area contributed by atoms with E-state index in [9.17, 15) is 9.59 Å². The number of nitrogens with zero attached hydrogens (tertiary/aromatic N) is 3. The van der Waals surface area contributed by atoms with Crippen molar-refractivity contribution in [2.75, 3.05) is 29.6 Å². The summed E-state index contributed by atoms with van der Waals surface area (Å²) in [4.78, 5) is 31.5. The highest BCUT2D eigenvalue weighted by molar-refractivity contribution is 6.03. The molecule has 0 radical (unpaired) electrons. The van der Waals surface area contributed by atoms with Gasteiger partial charge in [0.05, 0.1) is 6.20 Å². The Hall–Kier alpha value is -3.92. The maximum atomic E-state index is 12.6. The Bertz CT molecular complexity index is 1260. The number of rotatable bonds is 7. The molecule has 1 fully saturated rings. The molecule has 0 saturated carbocycles. The maximum Gasteiger partial charge on any atom is 0.324 e. The van der Waals surface area contributed by atoms with E-state index in [1.807, 2.05) is 20.8 Å². The topological polar surface area (TPSA) is 122 Å². The minimum atomic E-state index is -0.453. The molecule has 202 valence electrons. The van der Waals surface area contributed by atoms with Gasteiger partial charge >= 0.3 is 6.03 Å². The number of carbonyl (C=O) groups excluding carboxylic acids is 2. The van der Waals surface area contributed by atoms with Crippen molar-refractivity contribution in [1.82, 2.24) is 15.0 Å². The Morgan fingerprint density at radius 3 is 2.32 bits per heavy atom. The summed E-state index contributed by atoms with van der Waals surface area (Å²) >= 11 is 0. The summed E-state index contributed by atoms with van der Waals surface area (Å²) in [5.41, 5.74) is 1.37. The van der Waals surface area contributed by atoms with E-state index < -0.39 is 6.03 Å². The normalized spacial score (nSPS) is 17.2. The average Bonchev–Trinajstić information content (AvgIpc) is 3.43. The third kappa shape index (κ3) is 6.69. The Morgan fingerprint density at radius 1 is 1.08 bits per heavy atom. The minimum Gasteiger partial charge on any atom is -0.490 e. The van der Waals surface area contributed by atoms with Crippen molar-refractivity contribution in [3.8, 4) is 5.75 Å². The lowest BCUT2D eigenvalue weighted by Gasteiger charge is -2.31. The second-order valence-electron chi connectivity index (χ2n) is 11.2. The van der Waals surface area contributed by atoms with Gasteiger partial charge < -0.3 is 19.9 Å². The molecule has 3 N–H and O–H groups in total. The first kappa shape index (κ1) is 27.1. The molecule has 10 nitrogen and oxygen atoms in total. The summed E-state index contributed by atoms with van der Waals surface area (Å²) in [5, 5.41) is 12.0. The molecule has 10 heteroatoms. The first-order chi connectivity index (χ1) is 17.9. The van der Waals surface area contributed by atoms with Crippen molar-refractivity contribution in [3.05, 3.63) is 60.1 Å². The number of carbonyl (C=O) groups is 2. The number of anilines is 3. The van der Waals surface area contributed by atoms with Crippen molar-refractivity contribution in [2.45, 2.75) is 64.5 Å². The first-order valence-electron chi connectivity index (χ1n) is 12.7. The van der Waals surface area contributed by atoms with Crippen LogP contribution in [0.3, 0.4) is 0 Å². The molecule has 1 aromatic carbocycles. The number of ether oxygens (including phenoxy) is 1. The molecule has 1 saturated heterocycles. The highest BCUT2D eigenvalue weighted by Crippen LogP contribution is 2.32. The van der Waals surface area contributed by atoms with Gasteiger partial charge in [0, 0.05) is 34.4 Å². The van der Waals surface area contributed by atoms with E-state index in [0.29, 0.717) is 41.4 Å². The van der Waals surface area contributed by atoms with Crippen LogP contribution >= 0.6 is 0 Å². The molecule has 0 spiro atoms. The Kier molecular flexibility index (Phi) is 7.73. The number of pyridine rings is 1. The fourth-order valence-corrected chi connectivity index (χ4v) is 4.17. The van der Waals surface area contributed by atoms with E-state index in [1.54, 1.807) is 48.7 Å². The smallest absolute Gasteiger partial charge is 0.324 e. The van der Waals surface area contributed by atoms with E-state index in [1.165, 1.54) is 0 Å². The van der Waals surface area contributed by atoms with E-state index in [-0.39, 0.29) is 22.6 Å². The number of urea groups is 1. The molecule has 0 aliphatic carbocycles.